The van der Waals surface area contributed by atoms with Crippen molar-refractivity contribution in [2.24, 2.45) is 5.92 Å². The Balaban J connectivity index is 1.56. The van der Waals surface area contributed by atoms with Crippen molar-refractivity contribution in [1.82, 2.24) is 14.6 Å². The third-order valence-electron chi connectivity index (χ3n) is 5.91. The lowest BCUT2D eigenvalue weighted by Crippen LogP contribution is -2.42. The van der Waals surface area contributed by atoms with Crippen molar-refractivity contribution in [2.75, 3.05) is 18.5 Å². The lowest BCUT2D eigenvalue weighted by molar-refractivity contribution is -0.110. The van der Waals surface area contributed by atoms with Gasteiger partial charge in [-0.15, -0.1) is 0 Å². The molecule has 3 unspecified atom stereocenters. The molecule has 5 heteroatoms. The van der Waals surface area contributed by atoms with E-state index in [1.165, 1.54) is 17.4 Å². The average Bonchev–Trinajstić information content (AvgIpc) is 3.32. The van der Waals surface area contributed by atoms with Gasteiger partial charge in [0.25, 0.3) is 0 Å². The van der Waals surface area contributed by atoms with Crippen LogP contribution in [-0.2, 0) is 4.79 Å². The minimum atomic E-state index is 0.210. The zero-order valence-electron chi connectivity index (χ0n) is 15.8. The Kier molecular flexibility index (Phi) is 5.28. The molecule has 2 aromatic rings. The number of rotatable bonds is 6. The Hall–Kier alpha value is -2.56. The Labute approximate surface area is 160 Å². The number of allylic oxidation sites excluding steroid dienone is 2. The number of hydrogen-bond acceptors (Lipinski definition) is 4. The zero-order valence-corrected chi connectivity index (χ0v) is 15.8. The first-order valence-corrected chi connectivity index (χ1v) is 9.99. The molecule has 0 radical (unpaired) electrons. The number of aldehydes is 1. The van der Waals surface area contributed by atoms with E-state index >= 15 is 0 Å². The fourth-order valence-electron chi connectivity index (χ4n) is 4.56. The fourth-order valence-corrected chi connectivity index (χ4v) is 4.56. The molecule has 1 aliphatic heterocycles. The standard InChI is InChI=1S/C22H28N4O/c1-2-3-11-25-12-5-6-19(14-25)24-26-15-21(18-9-8-17(13-18)16-27)20-7-4-10-23-22(20)26/h2-4,7,10-11,15-19,24H,1,5-6,8-9,12-14H2. The van der Waals surface area contributed by atoms with Crippen LogP contribution in [0.3, 0.4) is 0 Å². The van der Waals surface area contributed by atoms with Crippen molar-refractivity contribution in [3.63, 3.8) is 0 Å². The van der Waals surface area contributed by atoms with Gasteiger partial charge in [0.1, 0.15) is 6.29 Å². The minimum absolute atomic E-state index is 0.210. The fraction of sp³-hybridized carbons (Fsp3) is 0.455. The first-order valence-electron chi connectivity index (χ1n) is 9.99. The van der Waals surface area contributed by atoms with Crippen molar-refractivity contribution in [3.8, 4) is 0 Å². The van der Waals surface area contributed by atoms with E-state index in [1.807, 2.05) is 24.4 Å². The Morgan fingerprint density at radius 2 is 2.22 bits per heavy atom. The number of carbonyl (C=O) groups is 1. The van der Waals surface area contributed by atoms with Gasteiger partial charge in [-0.25, -0.2) is 9.66 Å². The van der Waals surface area contributed by atoms with Crippen molar-refractivity contribution < 1.29 is 4.79 Å². The SMILES string of the molecule is C=CC=CN1CCCC(Nn2cc(C3CCC(C=O)C3)c3cccnc32)C1. The number of aromatic nitrogens is 2. The van der Waals surface area contributed by atoms with Crippen LogP contribution in [0.5, 0.6) is 0 Å². The summed E-state index contributed by atoms with van der Waals surface area (Å²) < 4.78 is 2.12. The molecule has 142 valence electrons. The summed E-state index contributed by atoms with van der Waals surface area (Å²) in [5.74, 6) is 0.662. The third kappa shape index (κ3) is 3.77. The monoisotopic (exact) mass is 364 g/mol. The summed E-state index contributed by atoms with van der Waals surface area (Å²) in [6, 6.07) is 4.54. The molecule has 1 saturated carbocycles. The number of fused-ring (bicyclic) bond motifs is 1. The van der Waals surface area contributed by atoms with E-state index in [9.17, 15) is 4.79 Å². The van der Waals surface area contributed by atoms with Gasteiger partial charge in [-0.05, 0) is 68.0 Å². The quantitative estimate of drug-likeness (QED) is 0.625. The van der Waals surface area contributed by atoms with Gasteiger partial charge in [-0.3, -0.25) is 0 Å². The van der Waals surface area contributed by atoms with E-state index < -0.39 is 0 Å². The third-order valence-corrected chi connectivity index (χ3v) is 5.91. The number of nitrogens with zero attached hydrogens (tertiary/aromatic N) is 3. The maximum absolute atomic E-state index is 11.2. The van der Waals surface area contributed by atoms with Crippen molar-refractivity contribution in [2.45, 2.75) is 44.1 Å². The minimum Gasteiger partial charge on any atom is -0.375 e. The molecule has 1 aliphatic carbocycles. The average molecular weight is 364 g/mol. The zero-order chi connectivity index (χ0) is 18.6. The molecule has 0 amide bonds. The summed E-state index contributed by atoms with van der Waals surface area (Å²) in [5, 5.41) is 1.21. The van der Waals surface area contributed by atoms with Crippen LogP contribution in [0.1, 0.15) is 43.6 Å². The molecule has 2 fully saturated rings. The number of hydrogen-bond donors (Lipinski definition) is 1. The van der Waals surface area contributed by atoms with Crippen molar-refractivity contribution >= 4 is 17.3 Å². The van der Waals surface area contributed by atoms with Crippen molar-refractivity contribution in [3.05, 3.63) is 55.0 Å². The molecular weight excluding hydrogens is 336 g/mol. The van der Waals surface area contributed by atoms with E-state index in [4.69, 9.17) is 0 Å². The lowest BCUT2D eigenvalue weighted by atomic mass is 9.97. The number of carbonyl (C=O) groups excluding carboxylic acids is 1. The summed E-state index contributed by atoms with van der Waals surface area (Å²) in [6.07, 6.45) is 16.5. The highest BCUT2D eigenvalue weighted by molar-refractivity contribution is 5.81. The molecule has 4 rings (SSSR count). The number of likely N-dealkylation sites (tertiary alicyclic amines) is 1. The lowest BCUT2D eigenvalue weighted by Gasteiger charge is -2.33. The molecule has 27 heavy (non-hydrogen) atoms. The van der Waals surface area contributed by atoms with Gasteiger partial charge in [-0.2, -0.15) is 0 Å². The second-order valence-electron chi connectivity index (χ2n) is 7.78. The van der Waals surface area contributed by atoms with Crippen LogP contribution in [0.2, 0.25) is 0 Å². The van der Waals surface area contributed by atoms with E-state index in [1.54, 1.807) is 0 Å². The number of pyridine rings is 1. The van der Waals surface area contributed by atoms with Gasteiger partial charge in [0.15, 0.2) is 5.65 Å². The molecular formula is C22H28N4O. The number of nitrogens with one attached hydrogen (secondary N) is 1. The highest BCUT2D eigenvalue weighted by atomic mass is 16.1. The van der Waals surface area contributed by atoms with Crippen LogP contribution in [0.25, 0.3) is 11.0 Å². The molecule has 0 spiro atoms. The molecule has 3 heterocycles. The van der Waals surface area contributed by atoms with E-state index in [0.717, 1.165) is 50.7 Å². The Morgan fingerprint density at radius 1 is 1.30 bits per heavy atom. The van der Waals surface area contributed by atoms with Crippen molar-refractivity contribution in [1.29, 1.82) is 0 Å². The van der Waals surface area contributed by atoms with E-state index in [2.05, 4.69) is 45.0 Å². The van der Waals surface area contributed by atoms with Gasteiger partial charge in [0.05, 0.1) is 6.04 Å². The van der Waals surface area contributed by atoms with E-state index in [-0.39, 0.29) is 5.92 Å². The highest BCUT2D eigenvalue weighted by Gasteiger charge is 2.28. The van der Waals surface area contributed by atoms with Crippen LogP contribution in [-0.4, -0.2) is 40.0 Å². The van der Waals surface area contributed by atoms with E-state index in [0.29, 0.717) is 12.0 Å². The predicted octanol–water partition coefficient (Wildman–Crippen LogP) is 3.83. The van der Waals surface area contributed by atoms with Crippen LogP contribution < -0.4 is 5.43 Å². The highest BCUT2D eigenvalue weighted by Crippen LogP contribution is 2.40. The summed E-state index contributed by atoms with van der Waals surface area (Å²) in [4.78, 5) is 18.2. The topological polar surface area (TPSA) is 50.2 Å². The normalized spacial score (nSPS) is 25.9. The van der Waals surface area contributed by atoms with Crippen LogP contribution >= 0.6 is 0 Å². The molecule has 1 saturated heterocycles. The largest absolute Gasteiger partial charge is 0.375 e. The Bertz CT molecular complexity index is 840. The van der Waals surface area contributed by atoms with Crippen LogP contribution in [0.15, 0.2) is 49.5 Å². The molecule has 5 nitrogen and oxygen atoms in total. The van der Waals surface area contributed by atoms with Gasteiger partial charge in [0.2, 0.25) is 0 Å². The van der Waals surface area contributed by atoms with Crippen LogP contribution in [0, 0.1) is 5.92 Å². The molecule has 3 atom stereocenters. The first kappa shape index (κ1) is 17.8. The molecule has 0 aromatic carbocycles. The maximum Gasteiger partial charge on any atom is 0.158 e. The van der Waals surface area contributed by atoms with Gasteiger partial charge in [-0.1, -0.05) is 12.7 Å². The summed E-state index contributed by atoms with van der Waals surface area (Å²) >= 11 is 0. The van der Waals surface area contributed by atoms with Gasteiger partial charge in [0, 0.05) is 36.8 Å². The summed E-state index contributed by atoms with van der Waals surface area (Å²) in [6.45, 7) is 5.82. The number of piperidine rings is 1. The Morgan fingerprint density at radius 3 is 3.04 bits per heavy atom. The molecule has 2 aromatic heterocycles. The van der Waals surface area contributed by atoms with Crippen LogP contribution in [0.4, 0.5) is 0 Å². The smallest absolute Gasteiger partial charge is 0.158 e. The van der Waals surface area contributed by atoms with Gasteiger partial charge < -0.3 is 15.1 Å². The van der Waals surface area contributed by atoms with Gasteiger partial charge >= 0.3 is 0 Å². The first-order chi connectivity index (χ1) is 13.3. The molecule has 0 bridgehead atoms. The summed E-state index contributed by atoms with van der Waals surface area (Å²) in [7, 11) is 0. The molecule has 1 N–H and O–H groups in total. The molecule has 2 aliphatic rings. The second kappa shape index (κ2) is 7.99. The maximum atomic E-state index is 11.2. The predicted molar refractivity (Wildman–Crippen MR) is 109 cm³/mol. The summed E-state index contributed by atoms with van der Waals surface area (Å²) in [5.41, 5.74) is 6.00. The second-order valence-corrected chi connectivity index (χ2v) is 7.78.